The molecule has 0 spiro atoms. The van der Waals surface area contributed by atoms with E-state index in [-0.39, 0.29) is 0 Å². The van der Waals surface area contributed by atoms with Gasteiger partial charge in [0, 0.05) is 17.1 Å². The molecule has 47 valence electrons. The second-order valence-corrected chi connectivity index (χ2v) is 2.21. The average molecular weight is 141 g/mol. The van der Waals surface area contributed by atoms with Gasteiger partial charge < -0.3 is 5.73 Å². The van der Waals surface area contributed by atoms with Crippen molar-refractivity contribution in [2.24, 2.45) is 5.73 Å². The van der Waals surface area contributed by atoms with Crippen LogP contribution in [0.4, 0.5) is 0 Å². The van der Waals surface area contributed by atoms with Crippen LogP contribution in [0.2, 0.25) is 0 Å². The van der Waals surface area contributed by atoms with Gasteiger partial charge in [-0.15, -0.1) is 0 Å². The highest BCUT2D eigenvalue weighted by molar-refractivity contribution is 7.03. The molecule has 1 heterocycles. The Labute approximate surface area is 56.7 Å². The second kappa shape index (κ2) is 2.70. The Hall–Kier alpha value is -0.740. The minimum atomic E-state index is -0.622. The Balaban J connectivity index is 2.76. The van der Waals surface area contributed by atoms with Crippen LogP contribution in [0.15, 0.2) is 11.6 Å². The predicted molar refractivity (Wildman–Crippen MR) is 34.7 cm³/mol. The topological polar surface area (TPSA) is 56.0 Å². The maximum absolute atomic E-state index is 9.93. The van der Waals surface area contributed by atoms with Gasteiger partial charge in [-0.2, -0.15) is 0 Å². The summed E-state index contributed by atoms with van der Waals surface area (Å²) in [6.07, 6.45) is 3.23. The lowest BCUT2D eigenvalue weighted by atomic mass is 10.2. The van der Waals surface area contributed by atoms with Crippen LogP contribution in [0.25, 0.3) is 0 Å². The van der Waals surface area contributed by atoms with Gasteiger partial charge in [-0.1, -0.05) is 0 Å². The lowest BCUT2D eigenvalue weighted by Gasteiger charge is -1.93. The Morgan fingerprint density at radius 1 is 1.89 bits per heavy atom. The summed E-state index contributed by atoms with van der Waals surface area (Å²) in [5.74, 6) is 0. The highest BCUT2D eigenvalue weighted by Gasteiger charge is 2.04. The van der Waals surface area contributed by atoms with Gasteiger partial charge in [-0.05, 0) is 11.5 Å². The Morgan fingerprint density at radius 2 is 2.67 bits per heavy atom. The SMILES string of the molecule is N[C@H]([C]=O)c1cnsc1. The van der Waals surface area contributed by atoms with Crippen molar-refractivity contribution in [2.45, 2.75) is 6.04 Å². The fourth-order valence-electron chi connectivity index (χ4n) is 0.435. The largest absolute Gasteiger partial charge is 0.317 e. The van der Waals surface area contributed by atoms with E-state index in [9.17, 15) is 4.79 Å². The summed E-state index contributed by atoms with van der Waals surface area (Å²) in [5, 5.41) is 1.73. The molecule has 0 amide bonds. The Kier molecular flexibility index (Phi) is 1.92. The van der Waals surface area contributed by atoms with Gasteiger partial charge in [0.05, 0.1) is 6.04 Å². The van der Waals surface area contributed by atoms with Crippen LogP contribution in [0.5, 0.6) is 0 Å². The van der Waals surface area contributed by atoms with E-state index in [2.05, 4.69) is 4.37 Å². The molecule has 0 aliphatic carbocycles. The molecule has 0 saturated heterocycles. The minimum Gasteiger partial charge on any atom is -0.317 e. The number of aromatic nitrogens is 1. The first-order valence-corrected chi connectivity index (χ1v) is 3.21. The monoisotopic (exact) mass is 141 g/mol. The number of nitrogens with zero attached hydrogens (tertiary/aromatic N) is 1. The van der Waals surface area contributed by atoms with E-state index in [1.54, 1.807) is 17.9 Å². The van der Waals surface area contributed by atoms with Crippen molar-refractivity contribution in [2.75, 3.05) is 0 Å². The third-order valence-electron chi connectivity index (χ3n) is 0.938. The van der Waals surface area contributed by atoms with Crippen molar-refractivity contribution in [1.82, 2.24) is 4.37 Å². The maximum atomic E-state index is 9.93. The van der Waals surface area contributed by atoms with Crippen LogP contribution in [0.3, 0.4) is 0 Å². The highest BCUT2D eigenvalue weighted by atomic mass is 32.1. The van der Waals surface area contributed by atoms with Crippen molar-refractivity contribution in [3.8, 4) is 0 Å². The van der Waals surface area contributed by atoms with Gasteiger partial charge in [0.25, 0.3) is 0 Å². The molecule has 1 aromatic heterocycles. The molecule has 0 saturated carbocycles. The number of hydrogen-bond donors (Lipinski definition) is 1. The first kappa shape index (κ1) is 6.38. The second-order valence-electron chi connectivity index (χ2n) is 1.55. The van der Waals surface area contributed by atoms with Gasteiger partial charge in [0.15, 0.2) is 0 Å². The van der Waals surface area contributed by atoms with Crippen molar-refractivity contribution in [3.05, 3.63) is 17.1 Å². The Bertz CT molecular complexity index is 185. The van der Waals surface area contributed by atoms with E-state index in [0.717, 1.165) is 5.56 Å². The third-order valence-corrected chi connectivity index (χ3v) is 1.54. The summed E-state index contributed by atoms with van der Waals surface area (Å²) in [6, 6.07) is -0.622. The molecule has 1 rings (SSSR count). The number of rotatable bonds is 2. The molecule has 1 atom stereocenters. The standard InChI is InChI=1S/C5H5N2OS/c6-5(2-8)4-1-7-9-3-4/h1,3,5H,6H2/t5-/m1/s1. The summed E-state index contributed by atoms with van der Waals surface area (Å²) in [4.78, 5) is 9.93. The summed E-state index contributed by atoms with van der Waals surface area (Å²) >= 11 is 1.27. The fourth-order valence-corrected chi connectivity index (χ4v) is 1.01. The van der Waals surface area contributed by atoms with E-state index < -0.39 is 6.04 Å². The molecule has 1 radical (unpaired) electrons. The normalized spacial score (nSPS) is 13.0. The summed E-state index contributed by atoms with van der Waals surface area (Å²) in [5.41, 5.74) is 6.01. The predicted octanol–water partition coefficient (Wildman–Crippen LogP) is 0.253. The van der Waals surface area contributed by atoms with Gasteiger partial charge in [0.1, 0.15) is 0 Å². The van der Waals surface area contributed by atoms with Crippen LogP contribution in [0, 0.1) is 0 Å². The summed E-state index contributed by atoms with van der Waals surface area (Å²) < 4.78 is 3.77. The van der Waals surface area contributed by atoms with Crippen molar-refractivity contribution < 1.29 is 4.79 Å². The van der Waals surface area contributed by atoms with Gasteiger partial charge in [-0.3, -0.25) is 4.79 Å². The van der Waals surface area contributed by atoms with Crippen LogP contribution in [-0.2, 0) is 4.79 Å². The van der Waals surface area contributed by atoms with Crippen LogP contribution in [-0.4, -0.2) is 10.7 Å². The number of nitrogens with two attached hydrogens (primary N) is 1. The lowest BCUT2D eigenvalue weighted by Crippen LogP contribution is -2.09. The molecule has 0 unspecified atom stereocenters. The lowest BCUT2D eigenvalue weighted by molar-refractivity contribution is 0.544. The highest BCUT2D eigenvalue weighted by Crippen LogP contribution is 2.07. The quantitative estimate of drug-likeness (QED) is 0.642. The molecule has 0 fully saturated rings. The van der Waals surface area contributed by atoms with E-state index in [4.69, 9.17) is 5.73 Å². The van der Waals surface area contributed by atoms with Crippen molar-refractivity contribution in [1.29, 1.82) is 0 Å². The molecule has 1 aromatic rings. The fraction of sp³-hybridized carbons (Fsp3) is 0.200. The van der Waals surface area contributed by atoms with Crippen molar-refractivity contribution >= 4 is 17.8 Å². The molecule has 4 heteroatoms. The third kappa shape index (κ3) is 1.34. The van der Waals surface area contributed by atoms with E-state index in [1.807, 2.05) is 0 Å². The minimum absolute atomic E-state index is 0.622. The van der Waals surface area contributed by atoms with E-state index in [1.165, 1.54) is 11.5 Å². The smallest absolute Gasteiger partial charge is 0.221 e. The van der Waals surface area contributed by atoms with Crippen LogP contribution >= 0.6 is 11.5 Å². The number of hydrogen-bond acceptors (Lipinski definition) is 4. The average Bonchev–Trinajstić information content (AvgIpc) is 2.37. The molecular formula is C5H5N2OS. The first-order valence-electron chi connectivity index (χ1n) is 2.37. The molecular weight excluding hydrogens is 136 g/mol. The van der Waals surface area contributed by atoms with Crippen LogP contribution < -0.4 is 5.73 Å². The van der Waals surface area contributed by atoms with E-state index in [0.29, 0.717) is 0 Å². The zero-order valence-corrected chi connectivity index (χ0v) is 5.39. The first-order chi connectivity index (χ1) is 4.34. The molecule has 3 nitrogen and oxygen atoms in total. The summed E-state index contributed by atoms with van der Waals surface area (Å²) in [7, 11) is 0. The summed E-state index contributed by atoms with van der Waals surface area (Å²) in [6.45, 7) is 0. The molecule has 0 bridgehead atoms. The van der Waals surface area contributed by atoms with Gasteiger partial charge >= 0.3 is 0 Å². The zero-order chi connectivity index (χ0) is 6.69. The maximum Gasteiger partial charge on any atom is 0.221 e. The number of carbonyl (C=O) groups excluding carboxylic acids is 1. The van der Waals surface area contributed by atoms with Crippen molar-refractivity contribution in [3.63, 3.8) is 0 Å². The molecule has 0 aliphatic heterocycles. The molecule has 2 N–H and O–H groups in total. The molecule has 9 heavy (non-hydrogen) atoms. The van der Waals surface area contributed by atoms with E-state index >= 15 is 0 Å². The van der Waals surface area contributed by atoms with Gasteiger partial charge in [0.2, 0.25) is 6.29 Å². The Morgan fingerprint density at radius 3 is 3.11 bits per heavy atom. The molecule has 0 aromatic carbocycles. The zero-order valence-electron chi connectivity index (χ0n) is 4.57. The van der Waals surface area contributed by atoms with Gasteiger partial charge in [-0.25, -0.2) is 4.37 Å². The van der Waals surface area contributed by atoms with Crippen LogP contribution in [0.1, 0.15) is 11.6 Å². The molecule has 0 aliphatic rings.